The maximum atomic E-state index is 12.8. The third-order valence-corrected chi connectivity index (χ3v) is 7.14. The molecule has 8 nitrogen and oxygen atoms in total. The summed E-state index contributed by atoms with van der Waals surface area (Å²) in [7, 11) is -3.82. The minimum absolute atomic E-state index is 0.0686. The van der Waals surface area contributed by atoms with Gasteiger partial charge in [-0.15, -0.1) is 0 Å². The van der Waals surface area contributed by atoms with Crippen LogP contribution in [0.25, 0.3) is 10.9 Å². The molecule has 180 valence electrons. The van der Waals surface area contributed by atoms with Gasteiger partial charge in [-0.1, -0.05) is 18.2 Å². The predicted octanol–water partition coefficient (Wildman–Crippen LogP) is 4.03. The van der Waals surface area contributed by atoms with Gasteiger partial charge >= 0.3 is 0 Å². The first kappa shape index (κ1) is 22.8. The van der Waals surface area contributed by atoms with Gasteiger partial charge in [0.1, 0.15) is 13.2 Å². The molecule has 2 N–H and O–H groups in total. The van der Waals surface area contributed by atoms with Crippen LogP contribution >= 0.6 is 0 Å². The molecule has 9 heteroatoms. The van der Waals surface area contributed by atoms with Crippen LogP contribution in [-0.4, -0.2) is 38.7 Å². The van der Waals surface area contributed by atoms with Crippen molar-refractivity contribution in [2.45, 2.75) is 17.9 Å². The van der Waals surface area contributed by atoms with E-state index in [1.165, 1.54) is 23.0 Å². The second-order valence-electron chi connectivity index (χ2n) is 8.17. The highest BCUT2D eigenvalue weighted by Crippen LogP contribution is 2.32. The summed E-state index contributed by atoms with van der Waals surface area (Å²) in [5.74, 6) is 0.715. The van der Waals surface area contributed by atoms with Crippen molar-refractivity contribution in [3.63, 3.8) is 0 Å². The summed E-state index contributed by atoms with van der Waals surface area (Å²) < 4.78 is 41.1. The molecule has 2 heterocycles. The maximum Gasteiger partial charge on any atom is 0.262 e. The largest absolute Gasteiger partial charge is 0.486 e. The van der Waals surface area contributed by atoms with Crippen molar-refractivity contribution in [3.05, 3.63) is 84.6 Å². The van der Waals surface area contributed by atoms with E-state index in [9.17, 15) is 13.2 Å². The smallest absolute Gasteiger partial charge is 0.262 e. The SMILES string of the molecule is O=C(NCCCn1ccc2ccccc21)c1ccc(NS(=O)(=O)c2ccc3c(c2)OCCO3)cc1. The van der Waals surface area contributed by atoms with Gasteiger partial charge in [-0.05, 0) is 60.3 Å². The summed E-state index contributed by atoms with van der Waals surface area (Å²) in [6.45, 7) is 2.14. The van der Waals surface area contributed by atoms with Gasteiger partial charge in [-0.3, -0.25) is 9.52 Å². The number of para-hydroxylation sites is 1. The van der Waals surface area contributed by atoms with Crippen molar-refractivity contribution < 1.29 is 22.7 Å². The number of rotatable bonds is 8. The van der Waals surface area contributed by atoms with Gasteiger partial charge in [0.25, 0.3) is 15.9 Å². The Labute approximate surface area is 203 Å². The summed E-state index contributed by atoms with van der Waals surface area (Å²) in [4.78, 5) is 12.6. The molecule has 0 atom stereocenters. The van der Waals surface area contributed by atoms with E-state index in [0.717, 1.165) is 13.0 Å². The third-order valence-electron chi connectivity index (χ3n) is 5.76. The monoisotopic (exact) mass is 491 g/mol. The fraction of sp³-hybridized carbons (Fsp3) is 0.192. The van der Waals surface area contributed by atoms with Crippen molar-refractivity contribution in [1.29, 1.82) is 0 Å². The molecule has 5 rings (SSSR count). The molecule has 0 unspecified atom stereocenters. The topological polar surface area (TPSA) is 98.7 Å². The number of carbonyl (C=O) groups is 1. The standard InChI is InChI=1S/C26H25N3O5S/c30-26(27-13-3-14-29-15-12-19-4-1-2-5-23(19)29)20-6-8-21(9-7-20)28-35(31,32)22-10-11-24-25(18-22)34-17-16-33-24/h1-2,4-12,15,18,28H,3,13-14,16-17H2,(H,27,30). The van der Waals surface area contributed by atoms with Crippen LogP contribution in [0.1, 0.15) is 16.8 Å². The van der Waals surface area contributed by atoms with Crippen molar-refractivity contribution >= 4 is 32.5 Å². The number of fused-ring (bicyclic) bond motifs is 2. The normalized spacial score (nSPS) is 12.9. The Bertz CT molecular complexity index is 1460. The zero-order valence-corrected chi connectivity index (χ0v) is 19.8. The highest BCUT2D eigenvalue weighted by Gasteiger charge is 2.19. The first-order valence-corrected chi connectivity index (χ1v) is 12.8. The second-order valence-corrected chi connectivity index (χ2v) is 9.85. The highest BCUT2D eigenvalue weighted by molar-refractivity contribution is 7.92. The van der Waals surface area contributed by atoms with Crippen molar-refractivity contribution in [2.75, 3.05) is 24.5 Å². The number of aryl methyl sites for hydroxylation is 1. The number of sulfonamides is 1. The van der Waals surface area contributed by atoms with Crippen molar-refractivity contribution in [2.24, 2.45) is 0 Å². The molecule has 0 bridgehead atoms. The minimum atomic E-state index is -3.82. The van der Waals surface area contributed by atoms with Crippen LogP contribution in [0.5, 0.6) is 11.5 Å². The number of amides is 1. The van der Waals surface area contributed by atoms with E-state index < -0.39 is 10.0 Å². The molecule has 0 saturated heterocycles. The number of aromatic nitrogens is 1. The molecule has 0 radical (unpaired) electrons. The quantitative estimate of drug-likeness (QED) is 0.363. The lowest BCUT2D eigenvalue weighted by atomic mass is 10.2. The first-order chi connectivity index (χ1) is 17.0. The average Bonchev–Trinajstić information content (AvgIpc) is 3.29. The van der Waals surface area contributed by atoms with E-state index in [1.54, 1.807) is 30.3 Å². The maximum absolute atomic E-state index is 12.8. The van der Waals surface area contributed by atoms with Crippen LogP contribution in [0.2, 0.25) is 0 Å². The Balaban J connectivity index is 1.15. The number of nitrogens with zero attached hydrogens (tertiary/aromatic N) is 1. The number of hydrogen-bond donors (Lipinski definition) is 2. The van der Waals surface area contributed by atoms with Crippen LogP contribution in [-0.2, 0) is 16.6 Å². The molecule has 35 heavy (non-hydrogen) atoms. The first-order valence-electron chi connectivity index (χ1n) is 11.3. The molecule has 0 fully saturated rings. The molecule has 0 aliphatic carbocycles. The van der Waals surface area contributed by atoms with Gasteiger partial charge in [0.15, 0.2) is 11.5 Å². The molecule has 4 aromatic rings. The molecule has 1 aromatic heterocycles. The Kier molecular flexibility index (Phi) is 6.33. The van der Waals surface area contributed by atoms with Gasteiger partial charge in [0, 0.05) is 42.1 Å². The molecular weight excluding hydrogens is 466 g/mol. The molecule has 1 aliphatic heterocycles. The molecule has 1 amide bonds. The number of anilines is 1. The number of carbonyl (C=O) groups excluding carboxylic acids is 1. The van der Waals surface area contributed by atoms with Crippen LogP contribution in [0.15, 0.2) is 83.9 Å². The summed E-state index contributed by atoms with van der Waals surface area (Å²) in [5.41, 5.74) is 1.99. The number of hydrogen-bond acceptors (Lipinski definition) is 5. The average molecular weight is 492 g/mol. The van der Waals surface area contributed by atoms with E-state index in [4.69, 9.17) is 9.47 Å². The van der Waals surface area contributed by atoms with Gasteiger partial charge in [0.05, 0.1) is 4.90 Å². The van der Waals surface area contributed by atoms with Crippen LogP contribution in [0, 0.1) is 0 Å². The van der Waals surface area contributed by atoms with Gasteiger partial charge in [-0.25, -0.2) is 8.42 Å². The molecule has 0 saturated carbocycles. The zero-order valence-electron chi connectivity index (χ0n) is 18.9. The Morgan fingerprint density at radius 1 is 0.914 bits per heavy atom. The number of ether oxygens (including phenoxy) is 2. The summed E-state index contributed by atoms with van der Waals surface area (Å²) in [6.07, 6.45) is 2.84. The van der Waals surface area contributed by atoms with Crippen LogP contribution in [0.3, 0.4) is 0 Å². The Morgan fingerprint density at radius 2 is 1.69 bits per heavy atom. The Morgan fingerprint density at radius 3 is 2.51 bits per heavy atom. The predicted molar refractivity (Wildman–Crippen MR) is 134 cm³/mol. The molecule has 3 aromatic carbocycles. The lowest BCUT2D eigenvalue weighted by Crippen LogP contribution is -2.25. The van der Waals surface area contributed by atoms with Crippen molar-refractivity contribution in [1.82, 2.24) is 9.88 Å². The van der Waals surface area contributed by atoms with E-state index in [-0.39, 0.29) is 10.8 Å². The van der Waals surface area contributed by atoms with Gasteiger partial charge in [-0.2, -0.15) is 0 Å². The van der Waals surface area contributed by atoms with E-state index in [1.807, 2.05) is 12.1 Å². The van der Waals surface area contributed by atoms with Crippen molar-refractivity contribution in [3.8, 4) is 11.5 Å². The van der Waals surface area contributed by atoms with E-state index in [0.29, 0.717) is 42.5 Å². The fourth-order valence-corrected chi connectivity index (χ4v) is 5.06. The summed E-state index contributed by atoms with van der Waals surface area (Å²) in [6, 6.07) is 21.1. The van der Waals surface area contributed by atoms with E-state index >= 15 is 0 Å². The lowest BCUT2D eigenvalue weighted by molar-refractivity contribution is 0.0953. The second kappa shape index (κ2) is 9.71. The number of nitrogens with one attached hydrogen (secondary N) is 2. The highest BCUT2D eigenvalue weighted by atomic mass is 32.2. The molecular formula is C26H25N3O5S. The summed E-state index contributed by atoms with van der Waals surface area (Å²) >= 11 is 0. The van der Waals surface area contributed by atoms with Crippen LogP contribution in [0.4, 0.5) is 5.69 Å². The van der Waals surface area contributed by atoms with E-state index in [2.05, 4.69) is 39.0 Å². The number of benzene rings is 3. The molecule has 0 spiro atoms. The third kappa shape index (κ3) is 5.09. The van der Waals surface area contributed by atoms with Gasteiger partial charge in [0.2, 0.25) is 0 Å². The minimum Gasteiger partial charge on any atom is -0.486 e. The molecule has 1 aliphatic rings. The fourth-order valence-electron chi connectivity index (χ4n) is 3.98. The van der Waals surface area contributed by atoms with Crippen LogP contribution < -0.4 is 19.5 Å². The summed E-state index contributed by atoms with van der Waals surface area (Å²) in [5, 5.41) is 4.11. The lowest BCUT2D eigenvalue weighted by Gasteiger charge is -2.19. The van der Waals surface area contributed by atoms with Gasteiger partial charge < -0.3 is 19.4 Å². The Hall–Kier alpha value is -3.98. The zero-order chi connectivity index (χ0) is 24.3.